The van der Waals surface area contributed by atoms with Crippen LogP contribution in [0.15, 0.2) is 34.3 Å². The van der Waals surface area contributed by atoms with Gasteiger partial charge in [0.2, 0.25) is 6.79 Å². The molecule has 8 nitrogen and oxygen atoms in total. The Bertz CT molecular complexity index is 988. The molecule has 2 aliphatic heterocycles. The highest BCUT2D eigenvalue weighted by Crippen LogP contribution is 2.36. The van der Waals surface area contributed by atoms with Crippen LogP contribution in [0.5, 0.6) is 11.5 Å². The molecule has 0 spiro atoms. The number of nitrogens with one attached hydrogen (secondary N) is 1. The lowest BCUT2D eigenvalue weighted by Gasteiger charge is -2.26. The van der Waals surface area contributed by atoms with Crippen LogP contribution >= 0.6 is 0 Å². The van der Waals surface area contributed by atoms with Crippen molar-refractivity contribution in [1.82, 2.24) is 5.32 Å². The zero-order valence-electron chi connectivity index (χ0n) is 14.0. The molecule has 0 saturated carbocycles. The number of benzene rings is 1. The number of urea groups is 1. The number of carbonyl (C=O) groups is 3. The minimum Gasteiger partial charge on any atom is -0.466 e. The summed E-state index contributed by atoms with van der Waals surface area (Å²) in [5.41, 5.74) is 0.711. The summed E-state index contributed by atoms with van der Waals surface area (Å²) < 4.78 is 15.9. The van der Waals surface area contributed by atoms with Gasteiger partial charge in [0.05, 0.1) is 5.69 Å². The molecule has 1 aromatic heterocycles. The summed E-state index contributed by atoms with van der Waals surface area (Å²) in [6.45, 7) is 3.56. The molecule has 1 aromatic carbocycles. The van der Waals surface area contributed by atoms with Gasteiger partial charge in [0.25, 0.3) is 11.8 Å². The largest absolute Gasteiger partial charge is 0.466 e. The van der Waals surface area contributed by atoms with Crippen molar-refractivity contribution in [3.05, 3.63) is 46.9 Å². The predicted molar refractivity (Wildman–Crippen MR) is 89.7 cm³/mol. The number of hydrogen-bond acceptors (Lipinski definition) is 6. The third-order valence-corrected chi connectivity index (χ3v) is 4.10. The van der Waals surface area contributed by atoms with Crippen LogP contribution in [0.1, 0.15) is 17.1 Å². The summed E-state index contributed by atoms with van der Waals surface area (Å²) in [4.78, 5) is 38.1. The van der Waals surface area contributed by atoms with Gasteiger partial charge in [-0.3, -0.25) is 14.9 Å². The molecule has 1 fully saturated rings. The molecule has 1 saturated heterocycles. The number of furan rings is 1. The topological polar surface area (TPSA) is 98.1 Å². The van der Waals surface area contributed by atoms with Crippen LogP contribution in [0, 0.1) is 13.8 Å². The number of fused-ring (bicyclic) bond motifs is 1. The Morgan fingerprint density at radius 3 is 2.58 bits per heavy atom. The number of aryl methyl sites for hydroxylation is 2. The number of hydrogen-bond donors (Lipinski definition) is 1. The van der Waals surface area contributed by atoms with Crippen molar-refractivity contribution in [2.45, 2.75) is 13.8 Å². The SMILES string of the molecule is Cc1cc(/C=C2\C(=O)NC(=O)N(c3ccc4c(c3)OCO4)C2=O)c(C)o1. The Balaban J connectivity index is 1.74. The summed E-state index contributed by atoms with van der Waals surface area (Å²) in [5.74, 6) is 0.691. The Morgan fingerprint density at radius 1 is 1.08 bits per heavy atom. The van der Waals surface area contributed by atoms with Crippen LogP contribution in [0.25, 0.3) is 6.08 Å². The lowest BCUT2D eigenvalue weighted by Crippen LogP contribution is -2.54. The van der Waals surface area contributed by atoms with Crippen LogP contribution in [0.3, 0.4) is 0 Å². The van der Waals surface area contributed by atoms with Crippen LogP contribution in [-0.4, -0.2) is 24.6 Å². The minimum atomic E-state index is -0.823. The van der Waals surface area contributed by atoms with Gasteiger partial charge in [-0.2, -0.15) is 0 Å². The average Bonchev–Trinajstić information content (AvgIpc) is 3.16. The Hall–Kier alpha value is -3.55. The number of ether oxygens (including phenoxy) is 2. The van der Waals surface area contributed by atoms with Crippen LogP contribution in [-0.2, 0) is 9.59 Å². The van der Waals surface area contributed by atoms with Crippen molar-refractivity contribution in [2.75, 3.05) is 11.7 Å². The second-order valence-electron chi connectivity index (χ2n) is 5.86. The quantitative estimate of drug-likeness (QED) is 0.656. The maximum Gasteiger partial charge on any atom is 0.335 e. The van der Waals surface area contributed by atoms with E-state index in [4.69, 9.17) is 13.9 Å². The molecule has 2 aromatic rings. The minimum absolute atomic E-state index is 0.0711. The summed E-state index contributed by atoms with van der Waals surface area (Å²) in [5, 5.41) is 2.18. The fourth-order valence-electron chi connectivity index (χ4n) is 2.87. The molecule has 0 unspecified atom stereocenters. The van der Waals surface area contributed by atoms with Crippen molar-refractivity contribution >= 4 is 29.6 Å². The van der Waals surface area contributed by atoms with E-state index in [0.717, 1.165) is 4.90 Å². The normalized spacial score (nSPS) is 17.8. The molecule has 4 amide bonds. The molecule has 132 valence electrons. The predicted octanol–water partition coefficient (Wildman–Crippen LogP) is 2.29. The molecule has 1 N–H and O–H groups in total. The van der Waals surface area contributed by atoms with Gasteiger partial charge in [0.15, 0.2) is 11.5 Å². The highest BCUT2D eigenvalue weighted by Gasteiger charge is 2.37. The van der Waals surface area contributed by atoms with E-state index in [9.17, 15) is 14.4 Å². The zero-order valence-corrected chi connectivity index (χ0v) is 14.0. The number of amides is 4. The first-order chi connectivity index (χ1) is 12.4. The average molecular weight is 354 g/mol. The van der Waals surface area contributed by atoms with Crippen molar-refractivity contribution in [3.8, 4) is 11.5 Å². The zero-order chi connectivity index (χ0) is 18.4. The molecule has 0 atom stereocenters. The molecular weight excluding hydrogens is 340 g/mol. The lowest BCUT2D eigenvalue weighted by molar-refractivity contribution is -0.122. The molecule has 0 radical (unpaired) electrons. The maximum atomic E-state index is 12.8. The number of barbiturate groups is 1. The fourth-order valence-corrected chi connectivity index (χ4v) is 2.87. The van der Waals surface area contributed by atoms with Crippen molar-refractivity contribution < 1.29 is 28.3 Å². The number of imide groups is 2. The van der Waals surface area contributed by atoms with Gasteiger partial charge in [-0.25, -0.2) is 9.69 Å². The first kappa shape index (κ1) is 15.9. The fraction of sp³-hybridized carbons (Fsp3) is 0.167. The molecule has 2 aliphatic rings. The maximum absolute atomic E-state index is 12.8. The second kappa shape index (κ2) is 5.76. The van der Waals surface area contributed by atoms with Crippen molar-refractivity contribution in [3.63, 3.8) is 0 Å². The van der Waals surface area contributed by atoms with E-state index in [1.165, 1.54) is 12.1 Å². The summed E-state index contributed by atoms with van der Waals surface area (Å²) in [6.07, 6.45) is 1.41. The number of carbonyl (C=O) groups excluding carboxylic acids is 3. The third-order valence-electron chi connectivity index (χ3n) is 4.10. The molecule has 0 aliphatic carbocycles. The van der Waals surface area contributed by atoms with Crippen LogP contribution in [0.4, 0.5) is 10.5 Å². The molecule has 0 bridgehead atoms. The van der Waals surface area contributed by atoms with E-state index in [1.807, 2.05) is 0 Å². The van der Waals surface area contributed by atoms with Crippen molar-refractivity contribution in [2.24, 2.45) is 0 Å². The standard InChI is InChI=1S/C18H14N2O6/c1-9-5-11(10(2)26-9)6-13-16(21)19-18(23)20(17(13)22)12-3-4-14-15(7-12)25-8-24-14/h3-7H,8H2,1-2H3,(H,19,21,23)/b13-6+. The second-order valence-corrected chi connectivity index (χ2v) is 5.86. The van der Waals surface area contributed by atoms with Gasteiger partial charge in [0, 0.05) is 11.6 Å². The first-order valence-electron chi connectivity index (χ1n) is 7.82. The first-order valence-corrected chi connectivity index (χ1v) is 7.82. The monoisotopic (exact) mass is 354 g/mol. The number of nitrogens with zero attached hydrogens (tertiary/aromatic N) is 1. The van der Waals surface area contributed by atoms with Gasteiger partial charge in [0.1, 0.15) is 17.1 Å². The van der Waals surface area contributed by atoms with Gasteiger partial charge < -0.3 is 13.9 Å². The Kier molecular flexibility index (Phi) is 3.54. The van der Waals surface area contributed by atoms with Gasteiger partial charge in [-0.1, -0.05) is 0 Å². The van der Waals surface area contributed by atoms with Gasteiger partial charge in [-0.15, -0.1) is 0 Å². The smallest absolute Gasteiger partial charge is 0.335 e. The molecule has 3 heterocycles. The molecule has 8 heteroatoms. The molecule has 26 heavy (non-hydrogen) atoms. The van der Waals surface area contributed by atoms with E-state index in [-0.39, 0.29) is 18.1 Å². The van der Waals surface area contributed by atoms with E-state index in [1.54, 1.807) is 32.0 Å². The van der Waals surface area contributed by atoms with E-state index < -0.39 is 17.8 Å². The molecule has 4 rings (SSSR count). The Morgan fingerprint density at radius 2 is 1.85 bits per heavy atom. The van der Waals surface area contributed by atoms with Crippen LogP contribution in [0.2, 0.25) is 0 Å². The molecular formula is C18H14N2O6. The third kappa shape index (κ3) is 2.52. The van der Waals surface area contributed by atoms with E-state index >= 15 is 0 Å². The van der Waals surface area contributed by atoms with Gasteiger partial charge in [-0.05, 0) is 38.1 Å². The van der Waals surface area contributed by atoms with E-state index in [0.29, 0.717) is 28.6 Å². The lowest BCUT2D eigenvalue weighted by atomic mass is 10.1. The summed E-state index contributed by atoms with van der Waals surface area (Å²) >= 11 is 0. The van der Waals surface area contributed by atoms with Gasteiger partial charge >= 0.3 is 6.03 Å². The van der Waals surface area contributed by atoms with Crippen molar-refractivity contribution in [1.29, 1.82) is 0 Å². The summed E-state index contributed by atoms with van der Waals surface area (Å²) in [6, 6.07) is 5.55. The highest BCUT2D eigenvalue weighted by atomic mass is 16.7. The highest BCUT2D eigenvalue weighted by molar-refractivity contribution is 6.39. The number of anilines is 1. The summed E-state index contributed by atoms with van der Waals surface area (Å²) in [7, 11) is 0. The van der Waals surface area contributed by atoms with Crippen LogP contribution < -0.4 is 19.7 Å². The van der Waals surface area contributed by atoms with E-state index in [2.05, 4.69) is 5.32 Å². The Labute approximate surface area is 148 Å². The number of rotatable bonds is 2.